The van der Waals surface area contributed by atoms with Gasteiger partial charge in [-0.25, -0.2) is 0 Å². The molecule has 0 radical (unpaired) electrons. The van der Waals surface area contributed by atoms with E-state index in [1.54, 1.807) is 32.4 Å². The molecule has 0 N–H and O–H groups in total. The summed E-state index contributed by atoms with van der Waals surface area (Å²) >= 11 is 3.30. The van der Waals surface area contributed by atoms with Crippen LogP contribution in [0.15, 0.2) is 10.2 Å². The van der Waals surface area contributed by atoms with Gasteiger partial charge in [0, 0.05) is 31.2 Å². The van der Waals surface area contributed by atoms with Crippen molar-refractivity contribution in [2.45, 2.75) is 33.7 Å². The van der Waals surface area contributed by atoms with E-state index in [4.69, 9.17) is 0 Å². The van der Waals surface area contributed by atoms with E-state index in [1.807, 2.05) is 11.8 Å². The van der Waals surface area contributed by atoms with E-state index in [0.29, 0.717) is 27.1 Å². The van der Waals surface area contributed by atoms with Gasteiger partial charge in [0.25, 0.3) is 0 Å². The largest absolute Gasteiger partial charge is 0.361 e. The van der Waals surface area contributed by atoms with Gasteiger partial charge >= 0.3 is 0 Å². The highest BCUT2D eigenvalue weighted by molar-refractivity contribution is 9.12. The number of hydrogen-bond donors (Lipinski definition) is 0. The minimum absolute atomic E-state index is 0.100. The molecule has 0 amide bonds. The van der Waals surface area contributed by atoms with Crippen LogP contribution < -0.4 is 0 Å². The minimum atomic E-state index is -0.235. The Morgan fingerprint density at radius 1 is 1.26 bits per heavy atom. The first-order chi connectivity index (χ1) is 10.7. The number of aromatic nitrogens is 1. The number of Topliss-reactive ketones (excluding diaryl/α,β-unsaturated/α-hetero) is 3. The van der Waals surface area contributed by atoms with Crippen molar-refractivity contribution < 1.29 is 14.4 Å². The fourth-order valence-electron chi connectivity index (χ4n) is 3.11. The number of nitrogens with zero attached hydrogens (tertiary/aromatic N) is 2. The summed E-state index contributed by atoms with van der Waals surface area (Å²) in [5.41, 5.74) is 2.02. The molecular weight excluding hydrogens is 360 g/mol. The maximum Gasteiger partial charge on any atom is 0.219 e. The Bertz CT molecular complexity index is 801. The van der Waals surface area contributed by atoms with Gasteiger partial charge in [-0.2, -0.15) is 0 Å². The number of halogens is 1. The van der Waals surface area contributed by atoms with Gasteiger partial charge in [-0.05, 0) is 29.8 Å². The molecule has 1 aromatic rings. The Hall–Kier alpha value is -1.69. The number of allylic oxidation sites excluding steroid dienone is 2. The lowest BCUT2D eigenvalue weighted by molar-refractivity contribution is 0.0923. The van der Waals surface area contributed by atoms with Gasteiger partial charge in [0.05, 0.1) is 15.6 Å². The van der Waals surface area contributed by atoms with Crippen molar-refractivity contribution in [1.29, 1.82) is 0 Å². The molecule has 0 bridgehead atoms. The van der Waals surface area contributed by atoms with Crippen molar-refractivity contribution in [3.63, 3.8) is 0 Å². The fraction of sp³-hybridized carbons (Fsp3) is 0.471. The Morgan fingerprint density at radius 2 is 1.83 bits per heavy atom. The summed E-state index contributed by atoms with van der Waals surface area (Å²) in [6.07, 6.45) is 0. The second kappa shape index (κ2) is 5.16. The number of hydrogen-bond acceptors (Lipinski definition) is 4. The molecule has 1 aliphatic heterocycles. The third-order valence-electron chi connectivity index (χ3n) is 4.67. The monoisotopic (exact) mass is 378 g/mol. The molecule has 2 aliphatic rings. The van der Waals surface area contributed by atoms with E-state index in [0.717, 1.165) is 6.54 Å². The van der Waals surface area contributed by atoms with Crippen LogP contribution in [0.1, 0.15) is 57.7 Å². The lowest BCUT2D eigenvalue weighted by Crippen LogP contribution is -2.26. The van der Waals surface area contributed by atoms with Crippen LogP contribution in [0.25, 0.3) is 0 Å². The summed E-state index contributed by atoms with van der Waals surface area (Å²) in [6, 6.07) is 0.241. The molecule has 1 aliphatic carbocycles. The third-order valence-corrected chi connectivity index (χ3v) is 5.40. The van der Waals surface area contributed by atoms with Crippen molar-refractivity contribution in [2.24, 2.45) is 13.0 Å². The van der Waals surface area contributed by atoms with Crippen LogP contribution in [0, 0.1) is 12.8 Å². The number of ketones is 3. The first-order valence-corrected chi connectivity index (χ1v) is 8.47. The van der Waals surface area contributed by atoms with Crippen LogP contribution in [0.5, 0.6) is 0 Å². The van der Waals surface area contributed by atoms with Crippen molar-refractivity contribution in [3.05, 3.63) is 32.7 Å². The first kappa shape index (κ1) is 16.2. The number of fused-ring (bicyclic) bond motifs is 1. The van der Waals surface area contributed by atoms with Gasteiger partial charge in [-0.3, -0.25) is 14.4 Å². The SMILES string of the molecule is Cc1c(C(=O)C(C)C)c2c(n1C)C(=O)C(Br)=C(N1CC1C)C2=O. The average molecular weight is 379 g/mol. The Kier molecular flexibility index (Phi) is 3.63. The van der Waals surface area contributed by atoms with Gasteiger partial charge in [-0.15, -0.1) is 0 Å². The summed E-state index contributed by atoms with van der Waals surface area (Å²) in [5.74, 6) is -0.802. The zero-order valence-corrected chi connectivity index (χ0v) is 15.4. The van der Waals surface area contributed by atoms with Gasteiger partial charge in [0.15, 0.2) is 5.78 Å². The molecule has 1 atom stereocenters. The van der Waals surface area contributed by atoms with E-state index in [1.165, 1.54) is 0 Å². The molecule has 1 unspecified atom stereocenters. The topological polar surface area (TPSA) is 59.1 Å². The molecule has 1 saturated heterocycles. The van der Waals surface area contributed by atoms with Crippen molar-refractivity contribution in [2.75, 3.05) is 6.54 Å². The zero-order valence-electron chi connectivity index (χ0n) is 13.9. The van der Waals surface area contributed by atoms with Gasteiger partial charge in [0.2, 0.25) is 11.6 Å². The van der Waals surface area contributed by atoms with E-state index >= 15 is 0 Å². The van der Waals surface area contributed by atoms with Gasteiger partial charge in [0.1, 0.15) is 11.4 Å². The van der Waals surface area contributed by atoms with Crippen LogP contribution >= 0.6 is 15.9 Å². The molecule has 122 valence electrons. The van der Waals surface area contributed by atoms with Crippen LogP contribution in [-0.2, 0) is 7.05 Å². The van der Waals surface area contributed by atoms with Gasteiger partial charge < -0.3 is 9.47 Å². The van der Waals surface area contributed by atoms with Crippen LogP contribution in [0.3, 0.4) is 0 Å². The summed E-state index contributed by atoms with van der Waals surface area (Å²) in [5, 5.41) is 0. The zero-order chi connectivity index (χ0) is 17.2. The normalized spacial score (nSPS) is 20.5. The van der Waals surface area contributed by atoms with E-state index < -0.39 is 0 Å². The number of carbonyl (C=O) groups excluding carboxylic acids is 3. The third kappa shape index (κ3) is 2.15. The molecule has 5 nitrogen and oxygen atoms in total. The Labute approximate surface area is 143 Å². The minimum Gasteiger partial charge on any atom is -0.361 e. The predicted octanol–water partition coefficient (Wildman–Crippen LogP) is 2.86. The standard InChI is InChI=1S/C17H19BrN2O3/c1-7(2)15(21)10-9(4)19(5)13-11(10)16(22)14(12(18)17(13)23)20-6-8(20)3/h7-8H,6H2,1-5H3. The Morgan fingerprint density at radius 3 is 2.30 bits per heavy atom. The van der Waals surface area contributed by atoms with Crippen LogP contribution in [0.4, 0.5) is 0 Å². The molecule has 2 heterocycles. The fourth-order valence-corrected chi connectivity index (χ4v) is 3.71. The lowest BCUT2D eigenvalue weighted by atomic mass is 9.90. The van der Waals surface area contributed by atoms with Crippen LogP contribution in [-0.4, -0.2) is 39.4 Å². The second-order valence-corrected chi connectivity index (χ2v) is 7.38. The molecule has 0 spiro atoms. The molecule has 0 aromatic carbocycles. The van der Waals surface area contributed by atoms with Crippen LogP contribution in [0.2, 0.25) is 0 Å². The molecular formula is C17H19BrN2O3. The molecule has 23 heavy (non-hydrogen) atoms. The summed E-state index contributed by atoms with van der Waals surface area (Å²) < 4.78 is 1.96. The molecule has 1 aromatic heterocycles. The smallest absolute Gasteiger partial charge is 0.219 e. The highest BCUT2D eigenvalue weighted by atomic mass is 79.9. The second-order valence-electron chi connectivity index (χ2n) is 6.58. The maximum absolute atomic E-state index is 13.1. The molecule has 6 heteroatoms. The van der Waals surface area contributed by atoms with Crippen molar-refractivity contribution in [1.82, 2.24) is 9.47 Å². The van der Waals surface area contributed by atoms with E-state index in [-0.39, 0.29) is 34.9 Å². The summed E-state index contributed by atoms with van der Waals surface area (Å²) in [6.45, 7) is 8.13. The maximum atomic E-state index is 13.1. The number of carbonyl (C=O) groups is 3. The Balaban J connectivity index is 2.26. The summed E-state index contributed by atoms with van der Waals surface area (Å²) in [7, 11) is 1.72. The van der Waals surface area contributed by atoms with Crippen molar-refractivity contribution >= 4 is 33.3 Å². The lowest BCUT2D eigenvalue weighted by Gasteiger charge is -2.19. The quantitative estimate of drug-likeness (QED) is 0.599. The predicted molar refractivity (Wildman–Crippen MR) is 90.1 cm³/mol. The molecule has 3 rings (SSSR count). The first-order valence-electron chi connectivity index (χ1n) is 7.67. The van der Waals surface area contributed by atoms with E-state index in [9.17, 15) is 14.4 Å². The van der Waals surface area contributed by atoms with Gasteiger partial charge in [-0.1, -0.05) is 13.8 Å². The average Bonchev–Trinajstić information content (AvgIpc) is 3.13. The molecule has 0 saturated carbocycles. The summed E-state index contributed by atoms with van der Waals surface area (Å²) in [4.78, 5) is 40.4. The van der Waals surface area contributed by atoms with Crippen molar-refractivity contribution in [3.8, 4) is 0 Å². The van der Waals surface area contributed by atoms with E-state index in [2.05, 4.69) is 15.9 Å². The number of rotatable bonds is 3. The highest BCUT2D eigenvalue weighted by Crippen LogP contribution is 2.39. The highest BCUT2D eigenvalue weighted by Gasteiger charge is 2.45. The molecule has 1 fully saturated rings.